The van der Waals surface area contributed by atoms with Gasteiger partial charge in [0.25, 0.3) is 0 Å². The maximum Gasteiger partial charge on any atom is 0.240 e. The van der Waals surface area contributed by atoms with Gasteiger partial charge in [0, 0.05) is 59.3 Å². The summed E-state index contributed by atoms with van der Waals surface area (Å²) in [5.41, 5.74) is 42.7. The van der Waals surface area contributed by atoms with E-state index in [4.69, 9.17) is 69.2 Å². The van der Waals surface area contributed by atoms with E-state index < -0.39 is 53.5 Å². The van der Waals surface area contributed by atoms with Crippen LogP contribution in [0, 0.1) is 11.8 Å². The zero-order valence-electron chi connectivity index (χ0n) is 42.6. The average molecular weight is 1100 g/mol. The number of benzene rings is 6. The molecule has 0 bridgehead atoms. The van der Waals surface area contributed by atoms with Crippen LogP contribution in [0.4, 0.5) is 0 Å². The summed E-state index contributed by atoms with van der Waals surface area (Å²) in [6, 6.07) is 41.6. The fraction of sp³-hybridized carbons (Fsp3) is 0.271. The molecule has 0 saturated carbocycles. The van der Waals surface area contributed by atoms with E-state index in [1.54, 1.807) is 24.3 Å². The normalized spacial score (nSPS) is 13.0. The maximum absolute atomic E-state index is 14.8. The molecule has 3 amide bonds. The van der Waals surface area contributed by atoms with Crippen LogP contribution in [0.2, 0.25) is 15.1 Å². The van der Waals surface area contributed by atoms with Gasteiger partial charge in [0.15, 0.2) is 23.5 Å². The van der Waals surface area contributed by atoms with Gasteiger partial charge in [-0.05, 0) is 125 Å². The van der Waals surface area contributed by atoms with Gasteiger partial charge in [0.2, 0.25) is 17.7 Å². The van der Waals surface area contributed by atoms with Gasteiger partial charge in [-0.1, -0.05) is 144 Å². The molecule has 6 aromatic rings. The number of Topliss-reactive ketones (excluding diaryl/α,β-unsaturated/α-hetero) is 2. The Balaban J connectivity index is 1.23. The summed E-state index contributed by atoms with van der Waals surface area (Å²) in [7, 11) is 0. The van der Waals surface area contributed by atoms with Crippen molar-refractivity contribution in [3.05, 3.63) is 177 Å². The number of amides is 3. The largest absolute Gasteiger partial charge is 0.370 e. The van der Waals surface area contributed by atoms with Gasteiger partial charge in [0.05, 0.1) is 12.1 Å². The summed E-state index contributed by atoms with van der Waals surface area (Å²) in [5, 5.41) is 7.60. The number of aliphatic imine (C=N–C) groups is 2. The van der Waals surface area contributed by atoms with Crippen LogP contribution in [-0.4, -0.2) is 72.4 Å². The number of nitrogens with zero attached hydrogens (tertiary/aromatic N) is 2. The van der Waals surface area contributed by atoms with Gasteiger partial charge in [-0.25, -0.2) is 0 Å². The molecule has 6 aromatic carbocycles. The lowest BCUT2D eigenvalue weighted by Gasteiger charge is -2.25. The van der Waals surface area contributed by atoms with Crippen LogP contribution in [0.25, 0.3) is 33.4 Å². The standard InChI is InChI=1S/C59H65Cl3N10O5/c60-47-23-17-42(18-24-47)39-11-5-36(6-12-39)31-50(63)53(73)34-45(3-1-29-69-58(65)66)56(76)71-51(32-37-7-13-40(14-8-37)43-19-25-48(61)26-20-43)54(74)35-46(4-2-30-70-59(67)68)57(77)72-52(55(64)75)33-38-9-15-41(16-10-38)44-21-27-49(62)28-22-44/h5-28,45-46,50-52H,1-4,29-35,63H2,(H2,64,75)(H,71,76)(H,72,77)(H4,65,66,69)(H4,67,68,70)/t45-,46-,50+,51+,52+/m0/s1. The maximum atomic E-state index is 14.8. The molecule has 15 nitrogen and oxygen atoms in total. The number of carbonyl (C=O) groups is 5. The Morgan fingerprint density at radius 3 is 1.05 bits per heavy atom. The quantitative estimate of drug-likeness (QED) is 0.0134. The minimum atomic E-state index is -1.17. The molecule has 5 atom stereocenters. The molecule has 0 heterocycles. The highest BCUT2D eigenvalue weighted by Crippen LogP contribution is 2.27. The first-order chi connectivity index (χ1) is 36.9. The molecule has 77 heavy (non-hydrogen) atoms. The van der Waals surface area contributed by atoms with E-state index in [-0.39, 0.29) is 75.7 Å². The molecule has 0 aliphatic carbocycles. The smallest absolute Gasteiger partial charge is 0.240 e. The molecule has 0 fully saturated rings. The molecule has 402 valence electrons. The van der Waals surface area contributed by atoms with Crippen molar-refractivity contribution in [2.45, 2.75) is 75.9 Å². The molecule has 0 saturated heterocycles. The Bertz CT molecular complexity index is 2990. The van der Waals surface area contributed by atoms with Crippen molar-refractivity contribution < 1.29 is 24.0 Å². The SMILES string of the molecule is NC(=O)[C@@H](Cc1ccc(-c2ccc(Cl)cc2)cc1)NC(=O)[C@@H](CCCN=C(N)N)CC(=O)[C@@H](Cc1ccc(-c2ccc(Cl)cc2)cc1)NC(=O)[C@@H](CCCN=C(N)N)CC(=O)[C@H](N)Cc1ccc(-c2ccc(Cl)cc2)cc1. The fourth-order valence-corrected chi connectivity index (χ4v) is 9.21. The second-order valence-corrected chi connectivity index (χ2v) is 20.3. The highest BCUT2D eigenvalue weighted by atomic mass is 35.5. The van der Waals surface area contributed by atoms with E-state index >= 15 is 0 Å². The first kappa shape index (κ1) is 58.7. The van der Waals surface area contributed by atoms with E-state index in [9.17, 15) is 24.0 Å². The first-order valence-electron chi connectivity index (χ1n) is 25.3. The van der Waals surface area contributed by atoms with E-state index in [1.807, 2.05) is 121 Å². The molecule has 6 rings (SSSR count). The first-order valence-corrected chi connectivity index (χ1v) is 26.4. The summed E-state index contributed by atoms with van der Waals surface area (Å²) in [6.07, 6.45) is 0.690. The lowest BCUT2D eigenvalue weighted by atomic mass is 9.88. The number of hydrogen-bond acceptors (Lipinski definition) is 8. The molecular formula is C59H65Cl3N10O5. The van der Waals surface area contributed by atoms with Gasteiger partial charge >= 0.3 is 0 Å². The number of nitrogens with one attached hydrogen (secondary N) is 2. The monoisotopic (exact) mass is 1100 g/mol. The van der Waals surface area contributed by atoms with E-state index in [0.29, 0.717) is 33.5 Å². The summed E-state index contributed by atoms with van der Waals surface area (Å²) in [6.45, 7) is 0.346. The molecule has 0 aliphatic heterocycles. The average Bonchev–Trinajstić information content (AvgIpc) is 3.41. The third-order valence-electron chi connectivity index (χ3n) is 13.2. The lowest BCUT2D eigenvalue weighted by Crippen LogP contribution is -2.50. The lowest BCUT2D eigenvalue weighted by molar-refractivity contribution is -0.135. The predicted molar refractivity (Wildman–Crippen MR) is 309 cm³/mol. The van der Waals surface area contributed by atoms with Crippen LogP contribution < -0.4 is 45.0 Å². The summed E-state index contributed by atoms with van der Waals surface area (Å²) >= 11 is 18.3. The van der Waals surface area contributed by atoms with E-state index in [0.717, 1.165) is 44.5 Å². The number of nitrogens with two attached hydrogens (primary N) is 6. The van der Waals surface area contributed by atoms with Crippen LogP contribution in [0.3, 0.4) is 0 Å². The number of primary amides is 1. The number of guanidine groups is 2. The van der Waals surface area contributed by atoms with Crippen LogP contribution in [0.5, 0.6) is 0 Å². The van der Waals surface area contributed by atoms with E-state index in [1.165, 1.54) is 0 Å². The minimum absolute atomic E-state index is 0.0317. The molecule has 0 spiro atoms. The highest BCUT2D eigenvalue weighted by Gasteiger charge is 2.33. The van der Waals surface area contributed by atoms with Crippen molar-refractivity contribution in [1.29, 1.82) is 0 Å². The number of rotatable bonds is 28. The van der Waals surface area contributed by atoms with Crippen molar-refractivity contribution in [3.8, 4) is 33.4 Å². The molecule has 0 radical (unpaired) electrons. The number of carbonyl (C=O) groups excluding carboxylic acids is 5. The van der Waals surface area contributed by atoms with Gasteiger partial charge in [-0.15, -0.1) is 0 Å². The number of halogens is 3. The topological polar surface area (TPSA) is 290 Å². The van der Waals surface area contributed by atoms with Gasteiger partial charge in [0.1, 0.15) is 6.04 Å². The van der Waals surface area contributed by atoms with Crippen molar-refractivity contribution in [2.75, 3.05) is 13.1 Å². The van der Waals surface area contributed by atoms with Gasteiger partial charge < -0.3 is 45.0 Å². The Kier molecular flexibility index (Phi) is 22.2. The second kappa shape index (κ2) is 29.1. The molecule has 14 N–H and O–H groups in total. The minimum Gasteiger partial charge on any atom is -0.370 e. The van der Waals surface area contributed by atoms with Crippen molar-refractivity contribution in [2.24, 2.45) is 56.2 Å². The number of hydrogen-bond donors (Lipinski definition) is 8. The van der Waals surface area contributed by atoms with E-state index in [2.05, 4.69) is 20.6 Å². The van der Waals surface area contributed by atoms with Crippen molar-refractivity contribution in [3.63, 3.8) is 0 Å². The zero-order valence-corrected chi connectivity index (χ0v) is 44.8. The van der Waals surface area contributed by atoms with Crippen molar-refractivity contribution >= 4 is 76.0 Å². The number of ketones is 2. The molecule has 0 unspecified atom stereocenters. The van der Waals surface area contributed by atoms with Crippen LogP contribution in [0.1, 0.15) is 55.2 Å². The molecule has 0 aromatic heterocycles. The van der Waals surface area contributed by atoms with Crippen LogP contribution >= 0.6 is 34.8 Å². The Morgan fingerprint density at radius 2 is 0.714 bits per heavy atom. The molecular weight excluding hydrogens is 1040 g/mol. The zero-order chi connectivity index (χ0) is 55.4. The van der Waals surface area contributed by atoms with Gasteiger partial charge in [-0.3, -0.25) is 34.0 Å². The second-order valence-electron chi connectivity index (χ2n) is 19.0. The summed E-state index contributed by atoms with van der Waals surface area (Å²) in [5.74, 6) is -4.97. The molecule has 0 aliphatic rings. The van der Waals surface area contributed by atoms with Crippen LogP contribution in [0.15, 0.2) is 156 Å². The van der Waals surface area contributed by atoms with Crippen molar-refractivity contribution in [1.82, 2.24) is 10.6 Å². The summed E-state index contributed by atoms with van der Waals surface area (Å²) in [4.78, 5) is 78.8. The predicted octanol–water partition coefficient (Wildman–Crippen LogP) is 7.72. The Morgan fingerprint density at radius 1 is 0.416 bits per heavy atom. The Hall–Kier alpha value is -7.56. The molecule has 18 heteroatoms. The van der Waals surface area contributed by atoms with Gasteiger partial charge in [-0.2, -0.15) is 0 Å². The fourth-order valence-electron chi connectivity index (χ4n) is 8.84. The third-order valence-corrected chi connectivity index (χ3v) is 13.9. The summed E-state index contributed by atoms with van der Waals surface area (Å²) < 4.78 is 0. The third kappa shape index (κ3) is 18.9. The Labute approximate surface area is 464 Å². The highest BCUT2D eigenvalue weighted by molar-refractivity contribution is 6.31. The van der Waals surface area contributed by atoms with Crippen LogP contribution in [-0.2, 0) is 43.2 Å².